The minimum Gasteiger partial charge on any atom is -0.339 e. The largest absolute Gasteiger partial charge is 0.339 e. The summed E-state index contributed by atoms with van der Waals surface area (Å²) in [5.41, 5.74) is 7.35. The Labute approximate surface area is 123 Å². The van der Waals surface area contributed by atoms with E-state index in [1.54, 1.807) is 0 Å². The molecule has 0 aliphatic heterocycles. The van der Waals surface area contributed by atoms with Gasteiger partial charge in [0.25, 0.3) is 0 Å². The van der Waals surface area contributed by atoms with Gasteiger partial charge in [-0.1, -0.05) is 18.6 Å². The van der Waals surface area contributed by atoms with Crippen molar-refractivity contribution in [3.8, 4) is 0 Å². The number of rotatable bonds is 5. The minimum atomic E-state index is 0.348. The van der Waals surface area contributed by atoms with Crippen LogP contribution in [0, 0.1) is 0 Å². The third-order valence-electron chi connectivity index (χ3n) is 4.73. The molecule has 0 spiro atoms. The van der Waals surface area contributed by atoms with Crippen LogP contribution in [0.15, 0.2) is 11.6 Å². The van der Waals surface area contributed by atoms with Crippen molar-refractivity contribution in [2.24, 2.45) is 5.73 Å². The zero-order valence-electron chi connectivity index (χ0n) is 12.9. The molecule has 20 heavy (non-hydrogen) atoms. The van der Waals surface area contributed by atoms with E-state index in [0.717, 1.165) is 51.5 Å². The van der Waals surface area contributed by atoms with Crippen LogP contribution in [-0.4, -0.2) is 29.4 Å². The molecule has 0 aromatic rings. The lowest BCUT2D eigenvalue weighted by Crippen LogP contribution is -2.44. The molecule has 0 heterocycles. The number of nitrogens with two attached hydrogens (primary N) is 1. The van der Waals surface area contributed by atoms with E-state index >= 15 is 0 Å². The quantitative estimate of drug-likeness (QED) is 0.784. The normalized spacial score (nSPS) is 27.0. The fraction of sp³-hybridized carbons (Fsp3) is 0.824. The third-order valence-corrected chi connectivity index (χ3v) is 4.73. The van der Waals surface area contributed by atoms with Crippen LogP contribution in [0.25, 0.3) is 0 Å². The predicted octanol–water partition coefficient (Wildman–Crippen LogP) is 3.39. The summed E-state index contributed by atoms with van der Waals surface area (Å²) in [5.74, 6) is 0.348. The Hall–Kier alpha value is -0.830. The van der Waals surface area contributed by atoms with Crippen LogP contribution in [0.4, 0.5) is 0 Å². The second-order valence-electron chi connectivity index (χ2n) is 6.44. The molecule has 0 aromatic heterocycles. The molecule has 1 amide bonds. The fourth-order valence-electron chi connectivity index (χ4n) is 3.53. The standard InChI is InChI=1S/C17H30N2O/c1-2-12-19(16-10-8-15(18)9-11-16)17(20)13-14-6-4-3-5-7-14/h6,15-16H,2-5,7-13,18H2,1H3. The summed E-state index contributed by atoms with van der Waals surface area (Å²) in [6.07, 6.45) is 13.1. The first kappa shape index (κ1) is 15.6. The maximum atomic E-state index is 12.6. The highest BCUT2D eigenvalue weighted by atomic mass is 16.2. The fourth-order valence-corrected chi connectivity index (χ4v) is 3.53. The van der Waals surface area contributed by atoms with E-state index in [4.69, 9.17) is 5.73 Å². The lowest BCUT2D eigenvalue weighted by Gasteiger charge is -2.36. The molecule has 0 bridgehead atoms. The topological polar surface area (TPSA) is 46.3 Å². The van der Waals surface area contributed by atoms with Crippen molar-refractivity contribution in [2.75, 3.05) is 6.54 Å². The van der Waals surface area contributed by atoms with E-state index in [0.29, 0.717) is 24.4 Å². The van der Waals surface area contributed by atoms with Crippen LogP contribution in [-0.2, 0) is 4.79 Å². The number of carbonyl (C=O) groups excluding carboxylic acids is 1. The summed E-state index contributed by atoms with van der Waals surface area (Å²) in [7, 11) is 0. The van der Waals surface area contributed by atoms with Gasteiger partial charge in [-0.25, -0.2) is 0 Å². The van der Waals surface area contributed by atoms with E-state index in [-0.39, 0.29) is 0 Å². The summed E-state index contributed by atoms with van der Waals surface area (Å²) in [4.78, 5) is 14.8. The zero-order chi connectivity index (χ0) is 14.4. The Morgan fingerprint density at radius 3 is 2.65 bits per heavy atom. The second kappa shape index (κ2) is 7.82. The first-order chi connectivity index (χ1) is 9.70. The van der Waals surface area contributed by atoms with Gasteiger partial charge in [0, 0.05) is 25.0 Å². The molecule has 1 saturated carbocycles. The molecule has 0 saturated heterocycles. The molecule has 3 nitrogen and oxygen atoms in total. The predicted molar refractivity (Wildman–Crippen MR) is 83.4 cm³/mol. The van der Waals surface area contributed by atoms with Crippen LogP contribution >= 0.6 is 0 Å². The van der Waals surface area contributed by atoms with Gasteiger partial charge < -0.3 is 10.6 Å². The molecule has 0 unspecified atom stereocenters. The molecule has 0 atom stereocenters. The number of allylic oxidation sites excluding steroid dienone is 1. The number of hydrogen-bond acceptors (Lipinski definition) is 2. The molecule has 2 N–H and O–H groups in total. The second-order valence-corrected chi connectivity index (χ2v) is 6.44. The highest BCUT2D eigenvalue weighted by Gasteiger charge is 2.27. The van der Waals surface area contributed by atoms with Crippen molar-refractivity contribution in [2.45, 2.75) is 83.2 Å². The van der Waals surface area contributed by atoms with Gasteiger partial charge >= 0.3 is 0 Å². The summed E-state index contributed by atoms with van der Waals surface area (Å²) in [5, 5.41) is 0. The molecular weight excluding hydrogens is 248 g/mol. The smallest absolute Gasteiger partial charge is 0.226 e. The van der Waals surface area contributed by atoms with Gasteiger partial charge in [0.1, 0.15) is 0 Å². The summed E-state index contributed by atoms with van der Waals surface area (Å²) >= 11 is 0. The van der Waals surface area contributed by atoms with E-state index in [1.165, 1.54) is 18.4 Å². The number of amides is 1. The molecule has 2 aliphatic rings. The van der Waals surface area contributed by atoms with Gasteiger partial charge in [0.2, 0.25) is 5.91 Å². The van der Waals surface area contributed by atoms with E-state index in [1.807, 2.05) is 0 Å². The molecule has 114 valence electrons. The van der Waals surface area contributed by atoms with E-state index in [9.17, 15) is 4.79 Å². The Bertz CT molecular complexity index is 343. The van der Waals surface area contributed by atoms with Crippen molar-refractivity contribution in [3.63, 3.8) is 0 Å². The molecule has 0 aromatic carbocycles. The van der Waals surface area contributed by atoms with Crippen LogP contribution in [0.1, 0.15) is 71.1 Å². The van der Waals surface area contributed by atoms with Gasteiger partial charge in [-0.15, -0.1) is 0 Å². The van der Waals surface area contributed by atoms with Crippen LogP contribution < -0.4 is 5.73 Å². The minimum absolute atomic E-state index is 0.348. The first-order valence-electron chi connectivity index (χ1n) is 8.43. The summed E-state index contributed by atoms with van der Waals surface area (Å²) < 4.78 is 0. The van der Waals surface area contributed by atoms with Gasteiger partial charge in [0.05, 0.1) is 0 Å². The lowest BCUT2D eigenvalue weighted by molar-refractivity contribution is -0.133. The van der Waals surface area contributed by atoms with Crippen molar-refractivity contribution in [1.29, 1.82) is 0 Å². The number of hydrogen-bond donors (Lipinski definition) is 1. The maximum absolute atomic E-state index is 12.6. The SMILES string of the molecule is CCCN(C(=O)CC1=CCCCC1)C1CCC(N)CC1. The van der Waals surface area contributed by atoms with Crippen molar-refractivity contribution in [1.82, 2.24) is 4.90 Å². The van der Waals surface area contributed by atoms with E-state index < -0.39 is 0 Å². The zero-order valence-corrected chi connectivity index (χ0v) is 12.9. The Morgan fingerprint density at radius 1 is 1.30 bits per heavy atom. The lowest BCUT2D eigenvalue weighted by atomic mass is 9.90. The molecule has 0 radical (unpaired) electrons. The Balaban J connectivity index is 1.92. The number of carbonyl (C=O) groups is 1. The van der Waals surface area contributed by atoms with Crippen LogP contribution in [0.5, 0.6) is 0 Å². The van der Waals surface area contributed by atoms with Gasteiger partial charge in [-0.2, -0.15) is 0 Å². The highest BCUT2D eigenvalue weighted by molar-refractivity contribution is 5.79. The van der Waals surface area contributed by atoms with Gasteiger partial charge in [0.15, 0.2) is 0 Å². The third kappa shape index (κ3) is 4.34. The summed E-state index contributed by atoms with van der Waals surface area (Å²) in [6, 6.07) is 0.789. The molecule has 3 heteroatoms. The van der Waals surface area contributed by atoms with Crippen molar-refractivity contribution >= 4 is 5.91 Å². The summed E-state index contributed by atoms with van der Waals surface area (Å²) in [6.45, 7) is 3.07. The molecule has 2 rings (SSSR count). The number of nitrogens with zero attached hydrogens (tertiary/aromatic N) is 1. The Kier molecular flexibility index (Phi) is 6.08. The first-order valence-corrected chi connectivity index (χ1v) is 8.43. The van der Waals surface area contributed by atoms with Crippen LogP contribution in [0.2, 0.25) is 0 Å². The average Bonchev–Trinajstić information content (AvgIpc) is 2.47. The van der Waals surface area contributed by atoms with Crippen LogP contribution in [0.3, 0.4) is 0 Å². The Morgan fingerprint density at radius 2 is 2.05 bits per heavy atom. The van der Waals surface area contributed by atoms with Crippen molar-refractivity contribution < 1.29 is 4.79 Å². The van der Waals surface area contributed by atoms with E-state index in [2.05, 4.69) is 17.9 Å². The monoisotopic (exact) mass is 278 g/mol. The van der Waals surface area contributed by atoms with Gasteiger partial charge in [-0.3, -0.25) is 4.79 Å². The van der Waals surface area contributed by atoms with Crippen molar-refractivity contribution in [3.05, 3.63) is 11.6 Å². The van der Waals surface area contributed by atoms with Gasteiger partial charge in [-0.05, 0) is 57.8 Å². The molecule has 1 fully saturated rings. The highest BCUT2D eigenvalue weighted by Crippen LogP contribution is 2.25. The molecule has 2 aliphatic carbocycles. The average molecular weight is 278 g/mol. The maximum Gasteiger partial charge on any atom is 0.226 e. The molecular formula is C17H30N2O.